The molecule has 17 atom stereocenters. The smallest absolute Gasteiger partial charge is 0.311 e. The molecule has 13 heteroatoms. The lowest BCUT2D eigenvalue weighted by Crippen LogP contribution is -2.60. The number of likely N-dealkylation sites (N-methyl/N-ethyl adjacent to an activating group) is 1. The van der Waals surface area contributed by atoms with Gasteiger partial charge in [-0.3, -0.25) is 4.79 Å². The van der Waals surface area contributed by atoms with Crippen LogP contribution in [-0.2, 0) is 33.2 Å². The summed E-state index contributed by atoms with van der Waals surface area (Å²) in [5.74, 6) is -2.20. The van der Waals surface area contributed by atoms with Crippen LogP contribution in [0, 0.1) is 17.8 Å². The molecule has 13 nitrogen and oxygen atoms in total. The highest BCUT2D eigenvalue weighted by atomic mass is 16.7. The van der Waals surface area contributed by atoms with E-state index in [1.807, 2.05) is 53.7 Å². The number of ether oxygens (including phenoxy) is 6. The van der Waals surface area contributed by atoms with E-state index in [9.17, 15) is 25.2 Å². The summed E-state index contributed by atoms with van der Waals surface area (Å²) in [5, 5.41) is 46.6. The van der Waals surface area contributed by atoms with Crippen LogP contribution in [0.15, 0.2) is 0 Å². The van der Waals surface area contributed by atoms with Gasteiger partial charge < -0.3 is 58.6 Å². The number of hydrogen-bond acceptors (Lipinski definition) is 13. The van der Waals surface area contributed by atoms with Crippen molar-refractivity contribution in [2.45, 2.75) is 186 Å². The summed E-state index contributed by atoms with van der Waals surface area (Å²) in [7, 11) is 7.32. The van der Waals surface area contributed by atoms with Crippen molar-refractivity contribution < 1.29 is 53.6 Å². The molecule has 0 aromatic rings. The lowest BCUT2D eigenvalue weighted by Gasteiger charge is -2.48. The third-order valence-corrected chi connectivity index (χ3v) is 12.0. The summed E-state index contributed by atoms with van der Waals surface area (Å²) in [6, 6.07) is -0.304. The van der Waals surface area contributed by atoms with Gasteiger partial charge in [0, 0.05) is 38.1 Å². The second kappa shape index (κ2) is 17.7. The van der Waals surface area contributed by atoms with Crippen LogP contribution >= 0.6 is 0 Å². The number of aliphatic hydroxyl groups excluding tert-OH is 2. The standard InChI is InChI=1S/C38H72N2O11/c1-15-28-36(8,44)18-22(3)40(13)20-21(2)17-37(9,45)33(51-35-30(41)27(39(11)12)16-23(4)47-35)24(5)31(25(6)34(43)49-28)50-29-19-38(10,46-14)32(42)26(7)48-29/h21-33,35,41-42,44-45H,15-20H2,1-14H3/t21-,22-,23+,24-,25+,26-,27-,28+,29-,30+,31-,32-,33+,35-,36-,37-,38+/m0/s1. The van der Waals surface area contributed by atoms with Crippen LogP contribution in [-0.4, -0.2) is 155 Å². The Labute approximate surface area is 307 Å². The molecule has 3 aliphatic heterocycles. The zero-order valence-electron chi connectivity index (χ0n) is 33.9. The van der Waals surface area contributed by atoms with E-state index in [2.05, 4.69) is 11.8 Å². The van der Waals surface area contributed by atoms with Crippen molar-refractivity contribution >= 4 is 5.97 Å². The fourth-order valence-electron chi connectivity index (χ4n) is 8.75. The van der Waals surface area contributed by atoms with E-state index < -0.39 is 83.8 Å². The predicted molar refractivity (Wildman–Crippen MR) is 193 cm³/mol. The number of methoxy groups -OCH3 is 1. The number of hydrogen-bond donors (Lipinski definition) is 4. The van der Waals surface area contributed by atoms with Crippen LogP contribution in [0.1, 0.15) is 101 Å². The first-order chi connectivity index (χ1) is 23.5. The quantitative estimate of drug-likeness (QED) is 0.284. The molecule has 0 unspecified atom stereocenters. The van der Waals surface area contributed by atoms with E-state index >= 15 is 0 Å². The molecule has 3 saturated heterocycles. The maximum absolute atomic E-state index is 14.2. The van der Waals surface area contributed by atoms with E-state index in [-0.39, 0.29) is 30.5 Å². The molecule has 4 N–H and O–H groups in total. The van der Waals surface area contributed by atoms with Crippen molar-refractivity contribution in [3.8, 4) is 0 Å². The molecule has 0 aromatic heterocycles. The van der Waals surface area contributed by atoms with Crippen LogP contribution in [0.25, 0.3) is 0 Å². The molecular weight excluding hydrogens is 660 g/mol. The van der Waals surface area contributed by atoms with Gasteiger partial charge in [-0.25, -0.2) is 0 Å². The number of esters is 1. The number of rotatable bonds is 7. The van der Waals surface area contributed by atoms with E-state index in [1.165, 1.54) is 7.11 Å². The monoisotopic (exact) mass is 733 g/mol. The minimum Gasteiger partial charge on any atom is -0.459 e. The molecule has 0 bridgehead atoms. The average molecular weight is 733 g/mol. The Balaban J connectivity index is 2.15. The van der Waals surface area contributed by atoms with Crippen molar-refractivity contribution in [3.05, 3.63) is 0 Å². The fraction of sp³-hybridized carbons (Fsp3) is 0.974. The summed E-state index contributed by atoms with van der Waals surface area (Å²) in [4.78, 5) is 18.3. The Morgan fingerprint density at radius 2 is 1.57 bits per heavy atom. The Morgan fingerprint density at radius 3 is 2.14 bits per heavy atom. The molecule has 0 aromatic carbocycles. The fourth-order valence-corrected chi connectivity index (χ4v) is 8.75. The van der Waals surface area contributed by atoms with Crippen molar-refractivity contribution in [1.82, 2.24) is 9.80 Å². The van der Waals surface area contributed by atoms with Gasteiger partial charge in [-0.15, -0.1) is 0 Å². The number of carbonyl (C=O) groups is 1. The Bertz CT molecular complexity index is 1110. The van der Waals surface area contributed by atoms with Crippen molar-refractivity contribution in [1.29, 1.82) is 0 Å². The lowest BCUT2D eigenvalue weighted by atomic mass is 9.77. The summed E-state index contributed by atoms with van der Waals surface area (Å²) < 4.78 is 37.7. The first-order valence-corrected chi connectivity index (χ1v) is 19.0. The molecule has 0 spiro atoms. The zero-order valence-corrected chi connectivity index (χ0v) is 33.9. The van der Waals surface area contributed by atoms with Crippen molar-refractivity contribution in [2.75, 3.05) is 34.8 Å². The average Bonchev–Trinajstić information content (AvgIpc) is 3.02. The van der Waals surface area contributed by atoms with Gasteiger partial charge in [0.25, 0.3) is 0 Å². The van der Waals surface area contributed by atoms with Crippen LogP contribution in [0.3, 0.4) is 0 Å². The molecular formula is C38H72N2O11. The van der Waals surface area contributed by atoms with E-state index in [1.54, 1.807) is 34.6 Å². The molecule has 51 heavy (non-hydrogen) atoms. The molecule has 0 radical (unpaired) electrons. The molecule has 3 rings (SSSR count). The summed E-state index contributed by atoms with van der Waals surface area (Å²) in [6.07, 6.45) is -5.64. The van der Waals surface area contributed by atoms with Gasteiger partial charge in [-0.2, -0.15) is 0 Å². The highest BCUT2D eigenvalue weighted by Crippen LogP contribution is 2.40. The number of carbonyl (C=O) groups excluding carboxylic acids is 1. The van der Waals surface area contributed by atoms with Crippen LogP contribution in [0.4, 0.5) is 0 Å². The van der Waals surface area contributed by atoms with E-state index in [4.69, 9.17) is 28.4 Å². The number of nitrogens with zero attached hydrogens (tertiary/aromatic N) is 2. The molecule has 3 aliphatic rings. The normalized spacial score (nSPS) is 48.9. The summed E-state index contributed by atoms with van der Waals surface area (Å²) in [5.41, 5.74) is -3.79. The minimum absolute atomic E-state index is 0.0189. The third-order valence-electron chi connectivity index (χ3n) is 12.0. The van der Waals surface area contributed by atoms with Gasteiger partial charge in [0.05, 0.1) is 41.5 Å². The number of aliphatic hydroxyl groups is 4. The largest absolute Gasteiger partial charge is 0.459 e. The lowest BCUT2D eigenvalue weighted by molar-refractivity contribution is -0.318. The van der Waals surface area contributed by atoms with Crippen molar-refractivity contribution in [2.24, 2.45) is 17.8 Å². The predicted octanol–water partition coefficient (Wildman–Crippen LogP) is 2.93. The summed E-state index contributed by atoms with van der Waals surface area (Å²) >= 11 is 0. The molecule has 0 amide bonds. The Kier molecular flexibility index (Phi) is 15.4. The van der Waals surface area contributed by atoms with Gasteiger partial charge in [0.15, 0.2) is 12.6 Å². The minimum atomic E-state index is -1.49. The zero-order chi connectivity index (χ0) is 38.8. The maximum Gasteiger partial charge on any atom is 0.311 e. The van der Waals surface area contributed by atoms with E-state index in [0.717, 1.165) is 0 Å². The first kappa shape index (κ1) is 44.4. The molecule has 3 fully saturated rings. The summed E-state index contributed by atoms with van der Waals surface area (Å²) in [6.45, 7) is 19.1. The van der Waals surface area contributed by atoms with Crippen LogP contribution in [0.5, 0.6) is 0 Å². The Hall–Kier alpha value is -0.970. The first-order valence-electron chi connectivity index (χ1n) is 19.0. The highest BCUT2D eigenvalue weighted by Gasteiger charge is 2.52. The van der Waals surface area contributed by atoms with Crippen LogP contribution < -0.4 is 0 Å². The Morgan fingerprint density at radius 1 is 0.941 bits per heavy atom. The van der Waals surface area contributed by atoms with Gasteiger partial charge >= 0.3 is 5.97 Å². The maximum atomic E-state index is 14.2. The van der Waals surface area contributed by atoms with Gasteiger partial charge in [0.1, 0.15) is 23.9 Å². The molecule has 300 valence electrons. The van der Waals surface area contributed by atoms with Crippen molar-refractivity contribution in [3.63, 3.8) is 0 Å². The highest BCUT2D eigenvalue weighted by molar-refractivity contribution is 5.73. The van der Waals surface area contributed by atoms with Gasteiger partial charge in [-0.1, -0.05) is 20.8 Å². The second-order valence-electron chi connectivity index (χ2n) is 17.2. The molecule has 0 aliphatic carbocycles. The van der Waals surface area contributed by atoms with Crippen LogP contribution in [0.2, 0.25) is 0 Å². The molecule has 3 heterocycles. The second-order valence-corrected chi connectivity index (χ2v) is 17.2. The number of cyclic esters (lactones) is 1. The van der Waals surface area contributed by atoms with Gasteiger partial charge in [-0.05, 0) is 101 Å². The SMILES string of the molecule is CC[C@H]1OC(=O)[C@H](C)[C@@H](O[C@H]2C[C@@](C)(OC)[C@@H](O)[C@H](C)O2)[C@H](C)[C@@H](O[C@@H]2O[C@H](C)C[C@H](N(C)C)[C@H]2O)[C@@](C)(O)C[C@H](C)CN(C)[C@@H](C)C[C@]1(C)O. The van der Waals surface area contributed by atoms with E-state index in [0.29, 0.717) is 32.2 Å². The third kappa shape index (κ3) is 10.6. The van der Waals surface area contributed by atoms with Gasteiger partial charge in [0.2, 0.25) is 0 Å². The topological polar surface area (TPSA) is 160 Å². The molecule has 0 saturated carbocycles.